The average molecular weight is 303 g/mol. The van der Waals surface area contributed by atoms with Gasteiger partial charge in [0.15, 0.2) is 5.69 Å². The molecule has 1 aromatic carbocycles. The smallest absolute Gasteiger partial charge is 0.274 e. The zero-order chi connectivity index (χ0) is 16.3. The minimum Gasteiger partial charge on any atom is -0.497 e. The molecule has 2 rings (SSSR count). The molecule has 0 unspecified atom stereocenters. The predicted octanol–water partition coefficient (Wildman–Crippen LogP) is 1.05. The second-order valence-corrected chi connectivity index (χ2v) is 5.68. The number of nitrogens with one attached hydrogen (secondary N) is 1. The van der Waals surface area contributed by atoms with Gasteiger partial charge in [0.25, 0.3) is 5.91 Å². The van der Waals surface area contributed by atoms with Crippen LogP contribution in [-0.2, 0) is 0 Å². The third-order valence-electron chi connectivity index (χ3n) is 3.39. The van der Waals surface area contributed by atoms with E-state index in [9.17, 15) is 4.79 Å². The molecule has 0 saturated carbocycles. The van der Waals surface area contributed by atoms with E-state index in [0.717, 1.165) is 11.4 Å². The Hall–Kier alpha value is -2.41. The molecule has 0 saturated heterocycles. The Morgan fingerprint density at radius 3 is 2.55 bits per heavy atom. The Labute approximate surface area is 129 Å². The molecule has 7 heteroatoms. The van der Waals surface area contributed by atoms with E-state index in [1.165, 1.54) is 0 Å². The molecule has 1 heterocycles. The lowest BCUT2D eigenvalue weighted by Gasteiger charge is -2.23. The maximum absolute atomic E-state index is 12.3. The molecule has 0 aliphatic heterocycles. The van der Waals surface area contributed by atoms with E-state index in [4.69, 9.17) is 10.5 Å². The molecule has 0 atom stereocenters. The standard InChI is InChI=1S/C15H21N5O2/c1-10-13(14(21)17-15(2,3)9-16)18-19-20(10)11-5-7-12(22-4)8-6-11/h5-8H,9,16H2,1-4H3,(H,17,21). The first-order valence-corrected chi connectivity index (χ1v) is 6.97. The second kappa shape index (κ2) is 6.15. The van der Waals surface area contributed by atoms with Crippen molar-refractivity contribution in [1.82, 2.24) is 20.3 Å². The van der Waals surface area contributed by atoms with Gasteiger partial charge in [-0.3, -0.25) is 4.79 Å². The van der Waals surface area contributed by atoms with Crippen LogP contribution in [0.5, 0.6) is 5.75 Å². The number of rotatable bonds is 5. The van der Waals surface area contributed by atoms with Gasteiger partial charge in [0.05, 0.1) is 18.5 Å². The van der Waals surface area contributed by atoms with E-state index in [-0.39, 0.29) is 11.6 Å². The van der Waals surface area contributed by atoms with Gasteiger partial charge in [0, 0.05) is 12.1 Å². The van der Waals surface area contributed by atoms with E-state index >= 15 is 0 Å². The fourth-order valence-corrected chi connectivity index (χ4v) is 1.93. The van der Waals surface area contributed by atoms with E-state index in [1.807, 2.05) is 38.1 Å². The lowest BCUT2D eigenvalue weighted by atomic mass is 10.1. The van der Waals surface area contributed by atoms with Crippen LogP contribution in [0.2, 0.25) is 0 Å². The number of aromatic nitrogens is 3. The summed E-state index contributed by atoms with van der Waals surface area (Å²) in [5, 5.41) is 10.9. The van der Waals surface area contributed by atoms with Crippen molar-refractivity contribution in [3.05, 3.63) is 35.7 Å². The van der Waals surface area contributed by atoms with Crippen LogP contribution < -0.4 is 15.8 Å². The lowest BCUT2D eigenvalue weighted by Crippen LogP contribution is -2.49. The summed E-state index contributed by atoms with van der Waals surface area (Å²) < 4.78 is 6.74. The maximum Gasteiger partial charge on any atom is 0.274 e. The Morgan fingerprint density at radius 1 is 1.36 bits per heavy atom. The van der Waals surface area contributed by atoms with Crippen LogP contribution in [0.4, 0.5) is 0 Å². The molecule has 0 radical (unpaired) electrons. The first-order chi connectivity index (χ1) is 10.4. The van der Waals surface area contributed by atoms with Gasteiger partial charge in [-0.15, -0.1) is 5.10 Å². The van der Waals surface area contributed by atoms with Crippen LogP contribution in [0.15, 0.2) is 24.3 Å². The van der Waals surface area contributed by atoms with Crippen molar-refractivity contribution >= 4 is 5.91 Å². The first-order valence-electron chi connectivity index (χ1n) is 6.97. The highest BCUT2D eigenvalue weighted by Crippen LogP contribution is 2.17. The molecule has 1 aromatic heterocycles. The van der Waals surface area contributed by atoms with E-state index in [2.05, 4.69) is 15.6 Å². The van der Waals surface area contributed by atoms with Crippen LogP contribution >= 0.6 is 0 Å². The SMILES string of the molecule is COc1ccc(-n2nnc(C(=O)NC(C)(C)CN)c2C)cc1. The van der Waals surface area contributed by atoms with Gasteiger partial charge in [-0.05, 0) is 45.0 Å². The van der Waals surface area contributed by atoms with Crippen molar-refractivity contribution in [2.45, 2.75) is 26.3 Å². The summed E-state index contributed by atoms with van der Waals surface area (Å²) in [7, 11) is 1.61. The van der Waals surface area contributed by atoms with E-state index in [1.54, 1.807) is 18.7 Å². The minimum absolute atomic E-state index is 0.285. The summed E-state index contributed by atoms with van der Waals surface area (Å²) >= 11 is 0. The van der Waals surface area contributed by atoms with Crippen molar-refractivity contribution in [2.24, 2.45) is 5.73 Å². The van der Waals surface area contributed by atoms with Gasteiger partial charge in [0.1, 0.15) is 5.75 Å². The average Bonchev–Trinajstić information content (AvgIpc) is 2.89. The number of hydrogen-bond donors (Lipinski definition) is 2. The summed E-state index contributed by atoms with van der Waals surface area (Å²) in [5.74, 6) is 0.469. The van der Waals surface area contributed by atoms with Gasteiger partial charge < -0.3 is 15.8 Å². The van der Waals surface area contributed by atoms with E-state index in [0.29, 0.717) is 12.2 Å². The molecule has 3 N–H and O–H groups in total. The monoisotopic (exact) mass is 303 g/mol. The van der Waals surface area contributed by atoms with Crippen molar-refractivity contribution < 1.29 is 9.53 Å². The Morgan fingerprint density at radius 2 is 2.00 bits per heavy atom. The molecular formula is C15H21N5O2. The van der Waals surface area contributed by atoms with Crippen molar-refractivity contribution in [3.8, 4) is 11.4 Å². The van der Waals surface area contributed by atoms with Crippen LogP contribution in [0.25, 0.3) is 5.69 Å². The van der Waals surface area contributed by atoms with Crippen LogP contribution in [0, 0.1) is 6.92 Å². The van der Waals surface area contributed by atoms with E-state index < -0.39 is 5.54 Å². The molecule has 7 nitrogen and oxygen atoms in total. The fourth-order valence-electron chi connectivity index (χ4n) is 1.93. The number of methoxy groups -OCH3 is 1. The highest BCUT2D eigenvalue weighted by Gasteiger charge is 2.23. The Kier molecular flexibility index (Phi) is 4.46. The number of amides is 1. The maximum atomic E-state index is 12.3. The van der Waals surface area contributed by atoms with Crippen LogP contribution in [0.3, 0.4) is 0 Å². The fraction of sp³-hybridized carbons (Fsp3) is 0.400. The summed E-state index contributed by atoms with van der Waals surface area (Å²) in [6, 6.07) is 7.36. The third-order valence-corrected chi connectivity index (χ3v) is 3.39. The number of carbonyl (C=O) groups is 1. The largest absolute Gasteiger partial charge is 0.497 e. The Bertz CT molecular complexity index is 661. The molecule has 0 bridgehead atoms. The number of ether oxygens (including phenoxy) is 1. The normalized spacial score (nSPS) is 11.3. The van der Waals surface area contributed by atoms with Gasteiger partial charge >= 0.3 is 0 Å². The molecule has 22 heavy (non-hydrogen) atoms. The number of carbonyl (C=O) groups excluding carboxylic acids is 1. The van der Waals surface area contributed by atoms with Crippen molar-refractivity contribution in [1.29, 1.82) is 0 Å². The highest BCUT2D eigenvalue weighted by atomic mass is 16.5. The second-order valence-electron chi connectivity index (χ2n) is 5.68. The number of benzene rings is 1. The summed E-state index contributed by atoms with van der Waals surface area (Å²) in [5.41, 5.74) is 6.89. The molecule has 2 aromatic rings. The van der Waals surface area contributed by atoms with Gasteiger partial charge in [-0.25, -0.2) is 4.68 Å². The molecule has 0 aliphatic rings. The predicted molar refractivity (Wildman–Crippen MR) is 83.2 cm³/mol. The highest BCUT2D eigenvalue weighted by molar-refractivity contribution is 5.93. The zero-order valence-electron chi connectivity index (χ0n) is 13.3. The Balaban J connectivity index is 2.27. The third kappa shape index (κ3) is 3.25. The van der Waals surface area contributed by atoms with Gasteiger partial charge in [0.2, 0.25) is 0 Å². The summed E-state index contributed by atoms with van der Waals surface area (Å²) in [4.78, 5) is 12.3. The summed E-state index contributed by atoms with van der Waals surface area (Å²) in [6.45, 7) is 5.85. The lowest BCUT2D eigenvalue weighted by molar-refractivity contribution is 0.0910. The number of nitrogens with zero attached hydrogens (tertiary/aromatic N) is 3. The quantitative estimate of drug-likeness (QED) is 0.861. The summed E-state index contributed by atoms with van der Waals surface area (Å²) in [6.07, 6.45) is 0. The molecule has 0 fully saturated rings. The molecule has 0 spiro atoms. The minimum atomic E-state index is -0.493. The molecule has 1 amide bonds. The van der Waals surface area contributed by atoms with Gasteiger partial charge in [-0.1, -0.05) is 5.21 Å². The topological polar surface area (TPSA) is 95.1 Å². The first kappa shape index (κ1) is 16.0. The molecule has 118 valence electrons. The molecule has 0 aliphatic carbocycles. The molecular weight excluding hydrogens is 282 g/mol. The van der Waals surface area contributed by atoms with Crippen LogP contribution in [-0.4, -0.2) is 40.1 Å². The zero-order valence-corrected chi connectivity index (χ0v) is 13.3. The number of hydrogen-bond acceptors (Lipinski definition) is 5. The van der Waals surface area contributed by atoms with Crippen LogP contribution in [0.1, 0.15) is 30.0 Å². The van der Waals surface area contributed by atoms with Gasteiger partial charge in [-0.2, -0.15) is 0 Å². The number of nitrogens with two attached hydrogens (primary N) is 1. The van der Waals surface area contributed by atoms with Crippen molar-refractivity contribution in [2.75, 3.05) is 13.7 Å². The van der Waals surface area contributed by atoms with Crippen molar-refractivity contribution in [3.63, 3.8) is 0 Å².